The molecule has 0 bridgehead atoms. The van der Waals surface area contributed by atoms with Gasteiger partial charge in [-0.3, -0.25) is 9.48 Å². The normalized spacial score (nSPS) is 10.3. The lowest BCUT2D eigenvalue weighted by molar-refractivity contribution is -0.125. The Hall–Kier alpha value is -1.56. The van der Waals surface area contributed by atoms with E-state index < -0.39 is 0 Å². The van der Waals surface area contributed by atoms with E-state index in [1.807, 2.05) is 6.92 Å². The van der Waals surface area contributed by atoms with E-state index in [1.54, 1.807) is 17.1 Å². The fraction of sp³-hybridized carbons (Fsp3) is 0.600. The Morgan fingerprint density at radius 1 is 1.69 bits per heavy atom. The van der Waals surface area contributed by atoms with Crippen LogP contribution in [0.1, 0.15) is 13.3 Å². The SMILES string of the molecule is CCCOCC(=O)NCCn1cc(N)cn1. The van der Waals surface area contributed by atoms with Crippen LogP contribution in [-0.2, 0) is 16.1 Å². The van der Waals surface area contributed by atoms with Crippen LogP contribution in [-0.4, -0.2) is 35.4 Å². The molecular weight excluding hydrogens is 208 g/mol. The number of hydrogen-bond acceptors (Lipinski definition) is 4. The first kappa shape index (κ1) is 12.5. The van der Waals surface area contributed by atoms with Gasteiger partial charge in [-0.05, 0) is 6.42 Å². The van der Waals surface area contributed by atoms with Crippen LogP contribution in [0.15, 0.2) is 12.4 Å². The second-order valence-electron chi connectivity index (χ2n) is 3.44. The van der Waals surface area contributed by atoms with Crippen LogP contribution in [0.25, 0.3) is 0 Å². The van der Waals surface area contributed by atoms with E-state index in [9.17, 15) is 4.79 Å². The maximum Gasteiger partial charge on any atom is 0.246 e. The summed E-state index contributed by atoms with van der Waals surface area (Å²) in [5.74, 6) is -0.103. The number of nitrogens with two attached hydrogens (primary N) is 1. The molecule has 90 valence electrons. The van der Waals surface area contributed by atoms with Gasteiger partial charge in [-0.15, -0.1) is 0 Å². The molecule has 1 amide bonds. The highest BCUT2D eigenvalue weighted by Crippen LogP contribution is 1.96. The molecule has 1 heterocycles. The molecule has 0 saturated carbocycles. The quantitative estimate of drug-likeness (QED) is 0.641. The van der Waals surface area contributed by atoms with Gasteiger partial charge in [0.15, 0.2) is 0 Å². The van der Waals surface area contributed by atoms with Crippen LogP contribution in [0.4, 0.5) is 5.69 Å². The summed E-state index contributed by atoms with van der Waals surface area (Å²) in [5, 5.41) is 6.73. The average Bonchev–Trinajstić information content (AvgIpc) is 2.65. The minimum absolute atomic E-state index is 0.103. The standard InChI is InChI=1S/C10H18N4O2/c1-2-5-16-8-10(15)12-3-4-14-7-9(11)6-13-14/h6-7H,2-5,8,11H2,1H3,(H,12,15). The number of nitrogens with zero attached hydrogens (tertiary/aromatic N) is 2. The third-order valence-corrected chi connectivity index (χ3v) is 1.90. The lowest BCUT2D eigenvalue weighted by atomic mass is 10.5. The Bertz CT molecular complexity index is 324. The van der Waals surface area contributed by atoms with E-state index in [2.05, 4.69) is 10.4 Å². The number of aromatic nitrogens is 2. The largest absolute Gasteiger partial charge is 0.396 e. The number of nitrogens with one attached hydrogen (secondary N) is 1. The van der Waals surface area contributed by atoms with Gasteiger partial charge in [0.2, 0.25) is 5.91 Å². The highest BCUT2D eigenvalue weighted by Gasteiger charge is 2.00. The molecular formula is C10H18N4O2. The lowest BCUT2D eigenvalue weighted by Crippen LogP contribution is -2.30. The number of rotatable bonds is 7. The molecule has 6 heteroatoms. The molecule has 6 nitrogen and oxygen atoms in total. The molecule has 16 heavy (non-hydrogen) atoms. The van der Waals surface area contributed by atoms with Gasteiger partial charge in [-0.2, -0.15) is 5.10 Å². The van der Waals surface area contributed by atoms with Crippen molar-refractivity contribution in [2.45, 2.75) is 19.9 Å². The number of anilines is 1. The number of carbonyl (C=O) groups is 1. The third kappa shape index (κ3) is 4.79. The van der Waals surface area contributed by atoms with Crippen LogP contribution in [0.5, 0.6) is 0 Å². The van der Waals surface area contributed by atoms with Crippen molar-refractivity contribution >= 4 is 11.6 Å². The van der Waals surface area contributed by atoms with Crippen molar-refractivity contribution in [3.63, 3.8) is 0 Å². The lowest BCUT2D eigenvalue weighted by Gasteiger charge is -2.05. The molecule has 1 aromatic heterocycles. The van der Waals surface area contributed by atoms with Crippen molar-refractivity contribution in [1.82, 2.24) is 15.1 Å². The van der Waals surface area contributed by atoms with Crippen molar-refractivity contribution in [2.75, 3.05) is 25.5 Å². The first-order valence-corrected chi connectivity index (χ1v) is 5.34. The molecule has 0 aromatic carbocycles. The zero-order valence-electron chi connectivity index (χ0n) is 9.48. The highest BCUT2D eigenvalue weighted by atomic mass is 16.5. The van der Waals surface area contributed by atoms with Crippen molar-refractivity contribution in [3.05, 3.63) is 12.4 Å². The third-order valence-electron chi connectivity index (χ3n) is 1.90. The predicted octanol–water partition coefficient (Wildman–Crippen LogP) is 0.00810. The fourth-order valence-corrected chi connectivity index (χ4v) is 1.17. The number of hydrogen-bond donors (Lipinski definition) is 2. The first-order chi connectivity index (χ1) is 7.72. The molecule has 0 fully saturated rings. The zero-order chi connectivity index (χ0) is 11.8. The van der Waals surface area contributed by atoms with Crippen LogP contribution in [0, 0.1) is 0 Å². The van der Waals surface area contributed by atoms with E-state index in [0.717, 1.165) is 6.42 Å². The summed E-state index contributed by atoms with van der Waals surface area (Å²) in [7, 11) is 0. The number of nitrogen functional groups attached to an aromatic ring is 1. The van der Waals surface area contributed by atoms with E-state index in [0.29, 0.717) is 25.4 Å². The van der Waals surface area contributed by atoms with Gasteiger partial charge in [0.1, 0.15) is 6.61 Å². The van der Waals surface area contributed by atoms with E-state index >= 15 is 0 Å². The molecule has 0 atom stereocenters. The molecule has 0 spiro atoms. The molecule has 1 rings (SSSR count). The first-order valence-electron chi connectivity index (χ1n) is 5.34. The van der Waals surface area contributed by atoms with Crippen LogP contribution >= 0.6 is 0 Å². The molecule has 0 saturated heterocycles. The number of carbonyl (C=O) groups excluding carboxylic acids is 1. The van der Waals surface area contributed by atoms with Crippen LogP contribution in [0.3, 0.4) is 0 Å². The summed E-state index contributed by atoms with van der Waals surface area (Å²) < 4.78 is 6.78. The number of amides is 1. The molecule has 0 aliphatic rings. The smallest absolute Gasteiger partial charge is 0.246 e. The van der Waals surface area contributed by atoms with Crippen molar-refractivity contribution in [2.24, 2.45) is 0 Å². The molecule has 0 aliphatic heterocycles. The van der Waals surface area contributed by atoms with Crippen LogP contribution < -0.4 is 11.1 Å². The summed E-state index contributed by atoms with van der Waals surface area (Å²) >= 11 is 0. The van der Waals surface area contributed by atoms with Gasteiger partial charge in [-0.1, -0.05) is 6.92 Å². The van der Waals surface area contributed by atoms with E-state index in [4.69, 9.17) is 10.5 Å². The Kier molecular flexibility index (Phi) is 5.35. The summed E-state index contributed by atoms with van der Waals surface area (Å²) in [5.41, 5.74) is 6.12. The maximum atomic E-state index is 11.2. The van der Waals surface area contributed by atoms with Crippen LogP contribution in [0.2, 0.25) is 0 Å². The summed E-state index contributed by atoms with van der Waals surface area (Å²) in [4.78, 5) is 11.2. The topological polar surface area (TPSA) is 82.2 Å². The average molecular weight is 226 g/mol. The minimum Gasteiger partial charge on any atom is -0.396 e. The molecule has 0 aliphatic carbocycles. The second-order valence-corrected chi connectivity index (χ2v) is 3.44. The Labute approximate surface area is 94.8 Å². The van der Waals surface area contributed by atoms with Crippen molar-refractivity contribution in [3.8, 4) is 0 Å². The Morgan fingerprint density at radius 3 is 3.12 bits per heavy atom. The second kappa shape index (κ2) is 6.84. The van der Waals surface area contributed by atoms with E-state index in [1.165, 1.54) is 0 Å². The molecule has 0 unspecified atom stereocenters. The Balaban J connectivity index is 2.08. The van der Waals surface area contributed by atoms with Gasteiger partial charge in [0.05, 0.1) is 18.4 Å². The van der Waals surface area contributed by atoms with Crippen molar-refractivity contribution < 1.29 is 9.53 Å². The summed E-state index contributed by atoms with van der Waals surface area (Å²) in [6.07, 6.45) is 4.21. The highest BCUT2D eigenvalue weighted by molar-refractivity contribution is 5.77. The van der Waals surface area contributed by atoms with Crippen molar-refractivity contribution in [1.29, 1.82) is 0 Å². The monoisotopic (exact) mass is 226 g/mol. The molecule has 3 N–H and O–H groups in total. The number of ether oxygens (including phenoxy) is 1. The van der Waals surface area contributed by atoms with Gasteiger partial charge < -0.3 is 15.8 Å². The minimum atomic E-state index is -0.103. The van der Waals surface area contributed by atoms with Gasteiger partial charge in [-0.25, -0.2) is 0 Å². The summed E-state index contributed by atoms with van der Waals surface area (Å²) in [6.45, 7) is 3.87. The zero-order valence-corrected chi connectivity index (χ0v) is 9.48. The predicted molar refractivity (Wildman–Crippen MR) is 60.8 cm³/mol. The van der Waals surface area contributed by atoms with Gasteiger partial charge in [0.25, 0.3) is 0 Å². The molecule has 0 radical (unpaired) electrons. The van der Waals surface area contributed by atoms with Gasteiger partial charge >= 0.3 is 0 Å². The maximum absolute atomic E-state index is 11.2. The molecule has 1 aromatic rings. The summed E-state index contributed by atoms with van der Waals surface area (Å²) in [6, 6.07) is 0. The van der Waals surface area contributed by atoms with Gasteiger partial charge in [0, 0.05) is 19.3 Å². The fourth-order valence-electron chi connectivity index (χ4n) is 1.17. The van der Waals surface area contributed by atoms with E-state index in [-0.39, 0.29) is 12.5 Å². The Morgan fingerprint density at radius 2 is 2.50 bits per heavy atom.